The summed E-state index contributed by atoms with van der Waals surface area (Å²) in [5.41, 5.74) is 6.78. The summed E-state index contributed by atoms with van der Waals surface area (Å²) in [4.78, 5) is 0. The van der Waals surface area contributed by atoms with Crippen molar-refractivity contribution in [2.24, 2.45) is 5.73 Å². The highest BCUT2D eigenvalue weighted by atomic mass is 19.1. The van der Waals surface area contributed by atoms with Crippen LogP contribution in [0.2, 0.25) is 0 Å². The molecule has 0 aliphatic heterocycles. The van der Waals surface area contributed by atoms with Gasteiger partial charge in [0.15, 0.2) is 0 Å². The molecule has 0 aromatic heterocycles. The SMILES string of the molecule is C[C@@H](N)[C@@H](O)c1cc(C(C)(C)C)ccc1F. The molecule has 3 heteroatoms. The third-order valence-electron chi connectivity index (χ3n) is 2.68. The number of rotatable bonds is 2. The van der Waals surface area contributed by atoms with Gasteiger partial charge in [-0.1, -0.05) is 26.8 Å². The van der Waals surface area contributed by atoms with Gasteiger partial charge >= 0.3 is 0 Å². The van der Waals surface area contributed by atoms with E-state index >= 15 is 0 Å². The lowest BCUT2D eigenvalue weighted by molar-refractivity contribution is 0.148. The third kappa shape index (κ3) is 2.80. The first kappa shape index (κ1) is 13.1. The van der Waals surface area contributed by atoms with Crippen LogP contribution in [0.3, 0.4) is 0 Å². The fraction of sp³-hybridized carbons (Fsp3) is 0.538. The minimum absolute atomic E-state index is 0.0694. The molecule has 0 bridgehead atoms. The van der Waals surface area contributed by atoms with Crippen LogP contribution in [0.15, 0.2) is 18.2 Å². The van der Waals surface area contributed by atoms with E-state index in [0.717, 1.165) is 5.56 Å². The molecule has 0 aliphatic rings. The molecule has 0 spiro atoms. The zero-order valence-corrected chi connectivity index (χ0v) is 10.3. The third-order valence-corrected chi connectivity index (χ3v) is 2.68. The van der Waals surface area contributed by atoms with Crippen molar-refractivity contribution < 1.29 is 9.50 Å². The monoisotopic (exact) mass is 225 g/mol. The standard InChI is InChI=1S/C13H20FNO/c1-8(15)12(16)10-7-9(13(2,3)4)5-6-11(10)14/h5-8,12,16H,15H2,1-4H3/t8-,12-/m1/s1. The van der Waals surface area contributed by atoms with Crippen LogP contribution in [-0.2, 0) is 5.41 Å². The van der Waals surface area contributed by atoms with Crippen molar-refractivity contribution in [3.05, 3.63) is 35.1 Å². The molecule has 0 saturated heterocycles. The molecule has 0 heterocycles. The maximum Gasteiger partial charge on any atom is 0.129 e. The van der Waals surface area contributed by atoms with E-state index in [2.05, 4.69) is 0 Å². The van der Waals surface area contributed by atoms with Gasteiger partial charge in [0, 0.05) is 11.6 Å². The van der Waals surface area contributed by atoms with Crippen LogP contribution in [0.1, 0.15) is 44.9 Å². The molecule has 0 aliphatic carbocycles. The fourth-order valence-corrected chi connectivity index (χ4v) is 1.52. The van der Waals surface area contributed by atoms with Crippen LogP contribution in [0.5, 0.6) is 0 Å². The molecule has 90 valence electrons. The molecule has 0 saturated carbocycles. The smallest absolute Gasteiger partial charge is 0.129 e. The van der Waals surface area contributed by atoms with Gasteiger partial charge in [-0.25, -0.2) is 4.39 Å². The highest BCUT2D eigenvalue weighted by Crippen LogP contribution is 2.27. The van der Waals surface area contributed by atoms with E-state index in [9.17, 15) is 9.50 Å². The molecule has 2 atom stereocenters. The Morgan fingerprint density at radius 2 is 1.88 bits per heavy atom. The predicted octanol–water partition coefficient (Wildman–Crippen LogP) is 2.50. The zero-order valence-electron chi connectivity index (χ0n) is 10.3. The highest BCUT2D eigenvalue weighted by Gasteiger charge is 2.20. The Morgan fingerprint density at radius 3 is 2.31 bits per heavy atom. The molecular formula is C13H20FNO. The van der Waals surface area contributed by atoms with Gasteiger partial charge in [0.2, 0.25) is 0 Å². The first-order valence-electron chi connectivity index (χ1n) is 5.47. The second-order valence-electron chi connectivity index (χ2n) is 5.29. The van der Waals surface area contributed by atoms with E-state index < -0.39 is 18.0 Å². The Hall–Kier alpha value is -0.930. The van der Waals surface area contributed by atoms with E-state index in [-0.39, 0.29) is 11.0 Å². The van der Waals surface area contributed by atoms with E-state index in [0.29, 0.717) is 0 Å². The van der Waals surface area contributed by atoms with Crippen LogP contribution in [0, 0.1) is 5.82 Å². The first-order chi connectivity index (χ1) is 7.23. The Balaban J connectivity index is 3.19. The second kappa shape index (κ2) is 4.52. The lowest BCUT2D eigenvalue weighted by Crippen LogP contribution is -2.25. The van der Waals surface area contributed by atoms with Gasteiger partial charge in [-0.05, 0) is 30.0 Å². The minimum Gasteiger partial charge on any atom is -0.387 e. The number of hydrogen-bond acceptors (Lipinski definition) is 2. The topological polar surface area (TPSA) is 46.2 Å². The molecule has 1 aromatic carbocycles. The van der Waals surface area contributed by atoms with Gasteiger partial charge in [0.1, 0.15) is 5.82 Å². The van der Waals surface area contributed by atoms with E-state index in [4.69, 9.17) is 5.73 Å². The van der Waals surface area contributed by atoms with Gasteiger partial charge in [-0.15, -0.1) is 0 Å². The van der Waals surface area contributed by atoms with Crippen LogP contribution in [0.25, 0.3) is 0 Å². The Morgan fingerprint density at radius 1 is 1.31 bits per heavy atom. The summed E-state index contributed by atoms with van der Waals surface area (Å²) >= 11 is 0. The summed E-state index contributed by atoms with van der Waals surface area (Å²) in [6.07, 6.45) is -0.956. The van der Waals surface area contributed by atoms with Crippen LogP contribution < -0.4 is 5.73 Å². The number of aliphatic hydroxyl groups is 1. The minimum atomic E-state index is -0.956. The summed E-state index contributed by atoms with van der Waals surface area (Å²) in [5, 5.41) is 9.80. The second-order valence-corrected chi connectivity index (χ2v) is 5.29. The van der Waals surface area contributed by atoms with Gasteiger partial charge in [0.05, 0.1) is 6.10 Å². The number of hydrogen-bond donors (Lipinski definition) is 2. The fourth-order valence-electron chi connectivity index (χ4n) is 1.52. The van der Waals surface area contributed by atoms with Gasteiger partial charge in [-0.2, -0.15) is 0 Å². The van der Waals surface area contributed by atoms with Crippen molar-refractivity contribution in [2.45, 2.75) is 45.3 Å². The average Bonchev–Trinajstić information content (AvgIpc) is 2.15. The highest BCUT2D eigenvalue weighted by molar-refractivity contribution is 5.31. The van der Waals surface area contributed by atoms with Crippen molar-refractivity contribution in [3.8, 4) is 0 Å². The lowest BCUT2D eigenvalue weighted by atomic mass is 9.85. The zero-order chi connectivity index (χ0) is 12.5. The Bertz CT molecular complexity index is 369. The Labute approximate surface area is 96.3 Å². The molecule has 16 heavy (non-hydrogen) atoms. The van der Waals surface area contributed by atoms with Crippen LogP contribution >= 0.6 is 0 Å². The summed E-state index contributed by atoms with van der Waals surface area (Å²) in [6, 6.07) is 4.35. The maximum atomic E-state index is 13.6. The van der Waals surface area contributed by atoms with E-state index in [1.807, 2.05) is 20.8 Å². The normalized spacial score (nSPS) is 15.9. The quantitative estimate of drug-likeness (QED) is 0.812. The summed E-state index contributed by atoms with van der Waals surface area (Å²) in [5.74, 6) is -0.405. The van der Waals surface area contributed by atoms with Crippen molar-refractivity contribution in [3.63, 3.8) is 0 Å². The van der Waals surface area contributed by atoms with Crippen LogP contribution in [0.4, 0.5) is 4.39 Å². The molecule has 1 aromatic rings. The first-order valence-corrected chi connectivity index (χ1v) is 5.47. The van der Waals surface area contributed by atoms with Crippen molar-refractivity contribution in [1.82, 2.24) is 0 Å². The molecule has 1 rings (SSSR count). The Kier molecular flexibility index (Phi) is 3.71. The largest absolute Gasteiger partial charge is 0.387 e. The van der Waals surface area contributed by atoms with Crippen LogP contribution in [-0.4, -0.2) is 11.1 Å². The molecule has 0 unspecified atom stereocenters. The summed E-state index contributed by atoms with van der Waals surface area (Å²) in [7, 11) is 0. The molecule has 2 nitrogen and oxygen atoms in total. The van der Waals surface area contributed by atoms with Gasteiger partial charge in [-0.3, -0.25) is 0 Å². The van der Waals surface area contributed by atoms with Crippen molar-refractivity contribution in [1.29, 1.82) is 0 Å². The van der Waals surface area contributed by atoms with Crippen molar-refractivity contribution >= 4 is 0 Å². The number of aliphatic hydroxyl groups excluding tert-OH is 1. The van der Waals surface area contributed by atoms with E-state index in [1.54, 1.807) is 19.1 Å². The molecular weight excluding hydrogens is 205 g/mol. The molecule has 0 fully saturated rings. The van der Waals surface area contributed by atoms with Gasteiger partial charge in [0.25, 0.3) is 0 Å². The predicted molar refractivity (Wildman–Crippen MR) is 63.7 cm³/mol. The number of halogens is 1. The van der Waals surface area contributed by atoms with Crippen molar-refractivity contribution in [2.75, 3.05) is 0 Å². The maximum absolute atomic E-state index is 13.6. The lowest BCUT2D eigenvalue weighted by Gasteiger charge is -2.22. The number of nitrogens with two attached hydrogens (primary N) is 1. The van der Waals surface area contributed by atoms with E-state index in [1.165, 1.54) is 6.07 Å². The molecule has 3 N–H and O–H groups in total. The average molecular weight is 225 g/mol. The summed E-state index contributed by atoms with van der Waals surface area (Å²) < 4.78 is 13.6. The summed E-state index contributed by atoms with van der Waals surface area (Å²) in [6.45, 7) is 7.79. The number of benzene rings is 1. The molecule has 0 radical (unpaired) electrons. The molecule has 0 amide bonds. The van der Waals surface area contributed by atoms with Gasteiger partial charge < -0.3 is 10.8 Å².